The number of rotatable bonds is 7. The lowest BCUT2D eigenvalue weighted by molar-refractivity contribution is -0.136. The number of carbonyl (C=O) groups is 2. The Balaban J connectivity index is 1.50. The van der Waals surface area contributed by atoms with Crippen LogP contribution >= 0.6 is 0 Å². The van der Waals surface area contributed by atoms with Crippen LogP contribution in [0.1, 0.15) is 23.6 Å². The van der Waals surface area contributed by atoms with Gasteiger partial charge in [-0.3, -0.25) is 9.59 Å². The van der Waals surface area contributed by atoms with Crippen molar-refractivity contribution >= 4 is 23.7 Å². The largest absolute Gasteiger partial charge is 0.489 e. The Labute approximate surface area is 179 Å². The molecule has 7 heteroatoms. The third kappa shape index (κ3) is 6.78. The van der Waals surface area contributed by atoms with Gasteiger partial charge in [-0.25, -0.2) is 9.82 Å². The molecule has 0 radical (unpaired) electrons. The molecule has 3 rings (SSSR count). The molecule has 0 aromatic heterocycles. The maximum Gasteiger partial charge on any atom is 0.329 e. The van der Waals surface area contributed by atoms with E-state index >= 15 is 0 Å². The molecule has 3 aromatic rings. The Bertz CT molecular complexity index is 1060. The minimum Gasteiger partial charge on any atom is -0.489 e. The van der Waals surface area contributed by atoms with E-state index in [1.807, 2.05) is 19.1 Å². The van der Waals surface area contributed by atoms with Crippen LogP contribution < -0.4 is 15.5 Å². The first-order valence-electron chi connectivity index (χ1n) is 9.74. The van der Waals surface area contributed by atoms with Crippen LogP contribution in [0.2, 0.25) is 0 Å². The van der Waals surface area contributed by atoms with Gasteiger partial charge in [0.15, 0.2) is 0 Å². The summed E-state index contributed by atoms with van der Waals surface area (Å²) in [6, 6.07) is 20.4. The van der Waals surface area contributed by atoms with Crippen LogP contribution in [0, 0.1) is 5.82 Å². The number of aryl methyl sites for hydroxylation is 1. The number of hydrogen-bond acceptors (Lipinski definition) is 4. The summed E-state index contributed by atoms with van der Waals surface area (Å²) in [5.74, 6) is -1.39. The minimum atomic E-state index is -0.875. The monoisotopic (exact) mass is 419 g/mol. The van der Waals surface area contributed by atoms with Crippen molar-refractivity contribution in [2.24, 2.45) is 5.10 Å². The standard InChI is InChI=1S/C24H22FN3O3/c1-2-17-8-12-21(13-9-17)27-23(29)24(30)28-26-15-19-4-3-5-22(14-19)31-16-18-6-10-20(25)11-7-18/h3-15H,2,16H2,1H3,(H,27,29)(H,28,30)/b26-15-. The van der Waals surface area contributed by atoms with Crippen molar-refractivity contribution in [1.82, 2.24) is 5.43 Å². The van der Waals surface area contributed by atoms with Crippen molar-refractivity contribution in [3.05, 3.63) is 95.3 Å². The number of nitrogens with zero attached hydrogens (tertiary/aromatic N) is 1. The summed E-state index contributed by atoms with van der Waals surface area (Å²) in [6.45, 7) is 2.32. The molecule has 0 aliphatic rings. The fourth-order valence-corrected chi connectivity index (χ4v) is 2.66. The van der Waals surface area contributed by atoms with Gasteiger partial charge in [-0.05, 0) is 59.5 Å². The molecular formula is C24H22FN3O3. The second-order valence-corrected chi connectivity index (χ2v) is 6.69. The zero-order valence-corrected chi connectivity index (χ0v) is 17.0. The van der Waals surface area contributed by atoms with E-state index in [4.69, 9.17) is 4.74 Å². The quantitative estimate of drug-likeness (QED) is 0.344. The van der Waals surface area contributed by atoms with Crippen molar-refractivity contribution in [2.75, 3.05) is 5.32 Å². The summed E-state index contributed by atoms with van der Waals surface area (Å²) < 4.78 is 18.6. The van der Waals surface area contributed by atoms with E-state index in [0.717, 1.165) is 17.5 Å². The van der Waals surface area contributed by atoms with Gasteiger partial charge in [-0.2, -0.15) is 5.10 Å². The fraction of sp³-hybridized carbons (Fsp3) is 0.125. The number of ether oxygens (including phenoxy) is 1. The highest BCUT2D eigenvalue weighted by Crippen LogP contribution is 2.15. The van der Waals surface area contributed by atoms with Gasteiger partial charge in [-0.1, -0.05) is 43.3 Å². The van der Waals surface area contributed by atoms with Crippen LogP contribution in [0.4, 0.5) is 10.1 Å². The molecule has 0 heterocycles. The molecular weight excluding hydrogens is 397 g/mol. The SMILES string of the molecule is CCc1ccc(NC(=O)C(=O)N/N=C\c2cccc(OCc3ccc(F)cc3)c2)cc1. The number of halogens is 1. The van der Waals surface area contributed by atoms with Crippen LogP contribution in [0.25, 0.3) is 0 Å². The Kier molecular flexibility index (Phi) is 7.48. The number of hydrazone groups is 1. The number of amides is 2. The highest BCUT2D eigenvalue weighted by Gasteiger charge is 2.12. The molecule has 0 atom stereocenters. The molecule has 3 aromatic carbocycles. The number of benzene rings is 3. The summed E-state index contributed by atoms with van der Waals surface area (Å²) >= 11 is 0. The highest BCUT2D eigenvalue weighted by atomic mass is 19.1. The van der Waals surface area contributed by atoms with E-state index in [1.54, 1.807) is 48.5 Å². The molecule has 0 fully saturated rings. The van der Waals surface area contributed by atoms with E-state index in [2.05, 4.69) is 15.8 Å². The molecule has 0 bridgehead atoms. The first kappa shape index (κ1) is 21.7. The molecule has 6 nitrogen and oxygen atoms in total. The summed E-state index contributed by atoms with van der Waals surface area (Å²) in [5, 5.41) is 6.34. The Hall–Kier alpha value is -4.00. The van der Waals surface area contributed by atoms with Crippen LogP contribution in [0.15, 0.2) is 77.9 Å². The lowest BCUT2D eigenvalue weighted by Gasteiger charge is -2.07. The third-order valence-corrected chi connectivity index (χ3v) is 4.38. The Morgan fingerprint density at radius 1 is 0.968 bits per heavy atom. The van der Waals surface area contributed by atoms with Gasteiger partial charge in [0, 0.05) is 5.69 Å². The fourth-order valence-electron chi connectivity index (χ4n) is 2.66. The van der Waals surface area contributed by atoms with Crippen molar-refractivity contribution in [3.63, 3.8) is 0 Å². The normalized spacial score (nSPS) is 10.6. The van der Waals surface area contributed by atoms with Crippen molar-refractivity contribution in [3.8, 4) is 5.75 Å². The lowest BCUT2D eigenvalue weighted by atomic mass is 10.1. The van der Waals surface area contributed by atoms with Gasteiger partial charge in [0.1, 0.15) is 18.2 Å². The van der Waals surface area contributed by atoms with Crippen LogP contribution in [0.3, 0.4) is 0 Å². The average Bonchev–Trinajstić information content (AvgIpc) is 2.79. The number of nitrogens with one attached hydrogen (secondary N) is 2. The predicted octanol–water partition coefficient (Wildman–Crippen LogP) is 4.06. The van der Waals surface area contributed by atoms with Gasteiger partial charge >= 0.3 is 11.8 Å². The summed E-state index contributed by atoms with van der Waals surface area (Å²) in [6.07, 6.45) is 2.30. The maximum absolute atomic E-state index is 13.0. The van der Waals surface area contributed by atoms with E-state index in [-0.39, 0.29) is 12.4 Å². The smallest absolute Gasteiger partial charge is 0.329 e. The molecule has 2 N–H and O–H groups in total. The van der Waals surface area contributed by atoms with Crippen molar-refractivity contribution in [1.29, 1.82) is 0 Å². The van der Waals surface area contributed by atoms with Gasteiger partial charge in [-0.15, -0.1) is 0 Å². The maximum atomic E-state index is 13.0. The minimum absolute atomic E-state index is 0.289. The molecule has 31 heavy (non-hydrogen) atoms. The highest BCUT2D eigenvalue weighted by molar-refractivity contribution is 6.39. The Morgan fingerprint density at radius 3 is 2.39 bits per heavy atom. The molecule has 0 saturated carbocycles. The molecule has 0 aliphatic carbocycles. The summed E-state index contributed by atoms with van der Waals surface area (Å²) in [5.41, 5.74) is 5.38. The predicted molar refractivity (Wildman–Crippen MR) is 117 cm³/mol. The van der Waals surface area contributed by atoms with E-state index in [0.29, 0.717) is 17.0 Å². The molecule has 0 saturated heterocycles. The summed E-state index contributed by atoms with van der Waals surface area (Å²) in [7, 11) is 0. The molecule has 2 amide bonds. The molecule has 0 aliphatic heterocycles. The molecule has 0 unspecified atom stereocenters. The second kappa shape index (κ2) is 10.7. The Morgan fingerprint density at radius 2 is 1.68 bits per heavy atom. The van der Waals surface area contributed by atoms with Crippen LogP contribution in [-0.2, 0) is 22.6 Å². The van der Waals surface area contributed by atoms with Crippen molar-refractivity contribution in [2.45, 2.75) is 20.0 Å². The first-order valence-corrected chi connectivity index (χ1v) is 9.74. The topological polar surface area (TPSA) is 79.8 Å². The van der Waals surface area contributed by atoms with Gasteiger partial charge in [0.25, 0.3) is 0 Å². The van der Waals surface area contributed by atoms with Crippen molar-refractivity contribution < 1.29 is 18.7 Å². The molecule has 0 spiro atoms. The number of anilines is 1. The van der Waals surface area contributed by atoms with E-state index in [1.165, 1.54) is 18.3 Å². The van der Waals surface area contributed by atoms with Gasteiger partial charge in [0.05, 0.1) is 6.21 Å². The summed E-state index contributed by atoms with van der Waals surface area (Å²) in [4.78, 5) is 23.9. The van der Waals surface area contributed by atoms with Gasteiger partial charge < -0.3 is 10.1 Å². The molecule has 158 valence electrons. The third-order valence-electron chi connectivity index (χ3n) is 4.38. The number of hydrogen-bond donors (Lipinski definition) is 2. The van der Waals surface area contributed by atoms with Crippen LogP contribution in [-0.4, -0.2) is 18.0 Å². The van der Waals surface area contributed by atoms with E-state index < -0.39 is 11.8 Å². The zero-order valence-electron chi connectivity index (χ0n) is 17.0. The second-order valence-electron chi connectivity index (χ2n) is 6.69. The average molecular weight is 419 g/mol. The van der Waals surface area contributed by atoms with E-state index in [9.17, 15) is 14.0 Å². The zero-order chi connectivity index (χ0) is 22.1. The lowest BCUT2D eigenvalue weighted by Crippen LogP contribution is -2.32. The first-order chi connectivity index (χ1) is 15.0. The number of carbonyl (C=O) groups excluding carboxylic acids is 2. The van der Waals surface area contributed by atoms with Gasteiger partial charge in [0.2, 0.25) is 0 Å². The van der Waals surface area contributed by atoms with Crippen LogP contribution in [0.5, 0.6) is 5.75 Å².